The number of fused-ring (bicyclic) bond motifs is 1. The Kier molecular flexibility index (Phi) is 2.52. The van der Waals surface area contributed by atoms with Crippen molar-refractivity contribution in [2.24, 2.45) is 11.0 Å². The lowest BCUT2D eigenvalue weighted by Crippen LogP contribution is -2.43. The lowest BCUT2D eigenvalue weighted by molar-refractivity contribution is 0.106. The van der Waals surface area contributed by atoms with E-state index in [0.29, 0.717) is 12.0 Å². The van der Waals surface area contributed by atoms with E-state index in [2.05, 4.69) is 44.4 Å². The second kappa shape index (κ2) is 3.70. The van der Waals surface area contributed by atoms with E-state index < -0.39 is 0 Å². The van der Waals surface area contributed by atoms with E-state index in [-0.39, 0.29) is 0 Å². The van der Waals surface area contributed by atoms with E-state index in [0.717, 1.165) is 5.84 Å². The van der Waals surface area contributed by atoms with Gasteiger partial charge in [-0.2, -0.15) is 0 Å². The highest BCUT2D eigenvalue weighted by molar-refractivity contribution is 6.00. The molecule has 0 aromatic carbocycles. The Bertz CT molecular complexity index is 338. The molecule has 0 amide bonds. The maximum absolute atomic E-state index is 4.56. The molecule has 2 aliphatic heterocycles. The van der Waals surface area contributed by atoms with Crippen molar-refractivity contribution < 1.29 is 0 Å². The molecule has 4 heteroatoms. The van der Waals surface area contributed by atoms with Crippen LogP contribution in [0.5, 0.6) is 0 Å². The van der Waals surface area contributed by atoms with Crippen LogP contribution in [-0.4, -0.2) is 22.0 Å². The number of hydrogen-bond donors (Lipinski definition) is 1. The summed E-state index contributed by atoms with van der Waals surface area (Å²) >= 11 is 0. The van der Waals surface area contributed by atoms with Gasteiger partial charge in [0.1, 0.15) is 0 Å². The molecule has 0 unspecified atom stereocenters. The van der Waals surface area contributed by atoms with Crippen LogP contribution in [0.1, 0.15) is 27.7 Å². The molecule has 0 fully saturated rings. The fraction of sp³-hybridized carbons (Fsp3) is 0.545. The Balaban J connectivity index is 2.27. The van der Waals surface area contributed by atoms with E-state index in [9.17, 15) is 0 Å². The number of allylic oxidation sites excluding steroid dienone is 2. The van der Waals surface area contributed by atoms with Crippen LogP contribution in [-0.2, 0) is 0 Å². The largest absolute Gasteiger partial charge is 0.246 e. The van der Waals surface area contributed by atoms with Gasteiger partial charge in [0.2, 0.25) is 0 Å². The highest BCUT2D eigenvalue weighted by Crippen LogP contribution is 2.21. The SMILES string of the molecule is CC(C)C1=CC=CN2NN(C(C)C)N=C12. The number of hydrogen-bond acceptors (Lipinski definition) is 4. The van der Waals surface area contributed by atoms with Crippen LogP contribution in [0, 0.1) is 5.92 Å². The van der Waals surface area contributed by atoms with Crippen molar-refractivity contribution in [2.45, 2.75) is 33.7 Å². The van der Waals surface area contributed by atoms with Crippen molar-refractivity contribution in [3.63, 3.8) is 0 Å². The minimum absolute atomic E-state index is 0.352. The Hall–Kier alpha value is -1.29. The normalized spacial score (nSPS) is 19.9. The van der Waals surface area contributed by atoms with Crippen molar-refractivity contribution in [3.8, 4) is 0 Å². The molecular formula is C11H18N4. The molecule has 1 N–H and O–H groups in total. The zero-order valence-corrected chi connectivity index (χ0v) is 9.73. The number of nitrogens with zero attached hydrogens (tertiary/aromatic N) is 3. The molecule has 0 saturated carbocycles. The van der Waals surface area contributed by atoms with Gasteiger partial charge in [0.05, 0.1) is 6.04 Å². The lowest BCUT2D eigenvalue weighted by Gasteiger charge is -2.23. The van der Waals surface area contributed by atoms with Crippen LogP contribution in [0.3, 0.4) is 0 Å². The number of amidine groups is 1. The predicted molar refractivity (Wildman–Crippen MR) is 61.4 cm³/mol. The summed E-state index contributed by atoms with van der Waals surface area (Å²) in [6, 6.07) is 0.352. The van der Waals surface area contributed by atoms with Crippen LogP contribution in [0.25, 0.3) is 0 Å². The van der Waals surface area contributed by atoms with Crippen molar-refractivity contribution >= 4 is 5.84 Å². The third kappa shape index (κ3) is 1.77. The van der Waals surface area contributed by atoms with Gasteiger partial charge in [0.25, 0.3) is 0 Å². The first kappa shape index (κ1) is 10.2. The van der Waals surface area contributed by atoms with Crippen LogP contribution in [0.2, 0.25) is 0 Å². The number of hydrazine groups is 2. The predicted octanol–water partition coefficient (Wildman–Crippen LogP) is 1.86. The third-order valence-electron chi connectivity index (χ3n) is 2.52. The number of hydrazone groups is 1. The Morgan fingerprint density at radius 3 is 2.60 bits per heavy atom. The Morgan fingerprint density at radius 1 is 1.27 bits per heavy atom. The van der Waals surface area contributed by atoms with Gasteiger partial charge >= 0.3 is 0 Å². The second-order valence-electron chi connectivity index (χ2n) is 4.45. The van der Waals surface area contributed by atoms with Gasteiger partial charge < -0.3 is 0 Å². The van der Waals surface area contributed by atoms with Crippen molar-refractivity contribution in [1.29, 1.82) is 0 Å². The maximum atomic E-state index is 4.56. The highest BCUT2D eigenvalue weighted by Gasteiger charge is 2.27. The Morgan fingerprint density at radius 2 is 2.00 bits per heavy atom. The molecule has 82 valence electrons. The monoisotopic (exact) mass is 206 g/mol. The smallest absolute Gasteiger partial charge is 0.173 e. The van der Waals surface area contributed by atoms with Crippen LogP contribution >= 0.6 is 0 Å². The minimum atomic E-state index is 0.352. The molecule has 0 saturated heterocycles. The van der Waals surface area contributed by atoms with Crippen LogP contribution in [0.4, 0.5) is 0 Å². The van der Waals surface area contributed by atoms with Crippen molar-refractivity contribution in [2.75, 3.05) is 0 Å². The Labute approximate surface area is 90.9 Å². The molecule has 2 heterocycles. The van der Waals surface area contributed by atoms with Gasteiger partial charge in [-0.05, 0) is 25.8 Å². The van der Waals surface area contributed by atoms with E-state index in [1.165, 1.54) is 5.57 Å². The van der Waals surface area contributed by atoms with Gasteiger partial charge in [-0.25, -0.2) is 10.1 Å². The topological polar surface area (TPSA) is 30.9 Å². The van der Waals surface area contributed by atoms with Gasteiger partial charge in [-0.15, -0.1) is 10.6 Å². The molecule has 4 nitrogen and oxygen atoms in total. The summed E-state index contributed by atoms with van der Waals surface area (Å²) in [7, 11) is 0. The summed E-state index contributed by atoms with van der Waals surface area (Å²) in [6.07, 6.45) is 6.17. The summed E-state index contributed by atoms with van der Waals surface area (Å²) in [5.41, 5.74) is 4.48. The second-order valence-corrected chi connectivity index (χ2v) is 4.45. The molecule has 2 rings (SSSR count). The highest BCUT2D eigenvalue weighted by atomic mass is 15.9. The third-order valence-corrected chi connectivity index (χ3v) is 2.52. The van der Waals surface area contributed by atoms with E-state index >= 15 is 0 Å². The first-order chi connectivity index (χ1) is 7.09. The molecule has 15 heavy (non-hydrogen) atoms. The number of rotatable bonds is 2. The minimum Gasteiger partial charge on any atom is -0.246 e. The van der Waals surface area contributed by atoms with Crippen LogP contribution in [0.15, 0.2) is 29.0 Å². The molecule has 0 aromatic heterocycles. The average molecular weight is 206 g/mol. The first-order valence-corrected chi connectivity index (χ1v) is 5.41. The van der Waals surface area contributed by atoms with Gasteiger partial charge in [0, 0.05) is 11.8 Å². The fourth-order valence-electron chi connectivity index (χ4n) is 1.62. The fourth-order valence-corrected chi connectivity index (χ4v) is 1.62. The first-order valence-electron chi connectivity index (χ1n) is 5.41. The molecule has 0 aromatic rings. The van der Waals surface area contributed by atoms with Crippen LogP contribution < -0.4 is 5.53 Å². The zero-order chi connectivity index (χ0) is 11.0. The molecular weight excluding hydrogens is 188 g/mol. The van der Waals surface area contributed by atoms with E-state index in [1.807, 2.05) is 22.4 Å². The maximum Gasteiger partial charge on any atom is 0.173 e. The number of nitrogens with one attached hydrogen (secondary N) is 1. The average Bonchev–Trinajstić information content (AvgIpc) is 2.60. The summed E-state index contributed by atoms with van der Waals surface area (Å²) in [5.74, 6) is 1.51. The summed E-state index contributed by atoms with van der Waals surface area (Å²) in [4.78, 5) is 0. The van der Waals surface area contributed by atoms with E-state index in [4.69, 9.17) is 0 Å². The quantitative estimate of drug-likeness (QED) is 0.748. The van der Waals surface area contributed by atoms with Gasteiger partial charge in [-0.1, -0.05) is 19.9 Å². The zero-order valence-electron chi connectivity index (χ0n) is 9.73. The van der Waals surface area contributed by atoms with Crippen molar-refractivity contribution in [3.05, 3.63) is 23.9 Å². The molecule has 0 aliphatic carbocycles. The molecule has 0 atom stereocenters. The molecule has 0 spiro atoms. The van der Waals surface area contributed by atoms with Gasteiger partial charge in [0.15, 0.2) is 5.84 Å². The molecule has 0 bridgehead atoms. The summed E-state index contributed by atoms with van der Waals surface area (Å²) in [5, 5.41) is 8.40. The summed E-state index contributed by atoms with van der Waals surface area (Å²) in [6.45, 7) is 8.59. The lowest BCUT2D eigenvalue weighted by atomic mass is 10.0. The van der Waals surface area contributed by atoms with E-state index in [1.54, 1.807) is 0 Å². The summed E-state index contributed by atoms with van der Waals surface area (Å²) < 4.78 is 0. The van der Waals surface area contributed by atoms with Crippen molar-refractivity contribution in [1.82, 2.24) is 15.7 Å². The molecule has 0 radical (unpaired) electrons. The molecule has 2 aliphatic rings. The standard InChI is InChI=1S/C11H18N4/c1-8(2)10-6-5-7-14-11(10)12-15(13-14)9(3)4/h5-9,13H,1-4H3. The van der Waals surface area contributed by atoms with Gasteiger partial charge in [-0.3, -0.25) is 0 Å².